The van der Waals surface area contributed by atoms with Crippen molar-refractivity contribution in [3.8, 4) is 0 Å². The third-order valence-corrected chi connectivity index (χ3v) is 4.82. The van der Waals surface area contributed by atoms with Crippen LogP contribution < -0.4 is 10.2 Å². The number of hydrogen-bond donors (Lipinski definition) is 1. The van der Waals surface area contributed by atoms with E-state index in [0.717, 1.165) is 60.1 Å². The van der Waals surface area contributed by atoms with Crippen LogP contribution in [0.25, 0.3) is 11.0 Å². The van der Waals surface area contributed by atoms with Crippen molar-refractivity contribution in [3.05, 3.63) is 59.4 Å². The fraction of sp³-hybridized carbons (Fsp3) is 0.286. The number of carbonyl (C=O) groups excluding carboxylic acids is 1. The van der Waals surface area contributed by atoms with Gasteiger partial charge in [0.15, 0.2) is 0 Å². The van der Waals surface area contributed by atoms with Gasteiger partial charge in [0, 0.05) is 30.0 Å². The van der Waals surface area contributed by atoms with Crippen molar-refractivity contribution in [1.29, 1.82) is 0 Å². The zero-order valence-electron chi connectivity index (χ0n) is 15.5. The molecule has 0 unspecified atom stereocenters. The fourth-order valence-corrected chi connectivity index (χ4v) is 3.18. The average Bonchev–Trinajstić information content (AvgIpc) is 2.69. The number of benzene rings is 2. The van der Waals surface area contributed by atoms with Crippen LogP contribution in [0, 0.1) is 13.8 Å². The maximum Gasteiger partial charge on any atom is 0.255 e. The van der Waals surface area contributed by atoms with Crippen LogP contribution in [0.15, 0.2) is 42.5 Å². The number of carbonyl (C=O) groups is 1. The Balaban J connectivity index is 1.55. The van der Waals surface area contributed by atoms with Gasteiger partial charge >= 0.3 is 0 Å². The van der Waals surface area contributed by atoms with Crippen molar-refractivity contribution >= 4 is 28.3 Å². The molecule has 0 radical (unpaired) electrons. The number of rotatable bonds is 3. The molecule has 3 aromatic rings. The van der Waals surface area contributed by atoms with Gasteiger partial charge in [0.2, 0.25) is 0 Å². The highest BCUT2D eigenvalue weighted by molar-refractivity contribution is 6.06. The number of ether oxygens (including phenoxy) is 1. The molecule has 0 bridgehead atoms. The minimum absolute atomic E-state index is 0.156. The molecule has 1 N–H and O–H groups in total. The number of aromatic nitrogens is 2. The van der Waals surface area contributed by atoms with Crippen molar-refractivity contribution in [2.45, 2.75) is 13.8 Å². The van der Waals surface area contributed by atoms with E-state index in [1.165, 1.54) is 0 Å². The molecule has 4 rings (SSSR count). The Kier molecular flexibility index (Phi) is 4.73. The molecule has 1 saturated heterocycles. The van der Waals surface area contributed by atoms with Crippen LogP contribution in [0.1, 0.15) is 21.7 Å². The Hall–Kier alpha value is -2.99. The van der Waals surface area contributed by atoms with E-state index < -0.39 is 0 Å². The third-order valence-electron chi connectivity index (χ3n) is 4.82. The number of morpholine rings is 1. The first-order valence-corrected chi connectivity index (χ1v) is 9.09. The summed E-state index contributed by atoms with van der Waals surface area (Å²) >= 11 is 0. The highest BCUT2D eigenvalue weighted by atomic mass is 16.5. The van der Waals surface area contributed by atoms with Gasteiger partial charge in [-0.2, -0.15) is 0 Å². The minimum atomic E-state index is -0.156. The van der Waals surface area contributed by atoms with Gasteiger partial charge in [0.25, 0.3) is 5.91 Å². The van der Waals surface area contributed by atoms with Crippen molar-refractivity contribution in [2.75, 3.05) is 36.5 Å². The van der Waals surface area contributed by atoms with Gasteiger partial charge < -0.3 is 15.0 Å². The summed E-state index contributed by atoms with van der Waals surface area (Å²) in [4.78, 5) is 24.0. The first-order valence-electron chi connectivity index (χ1n) is 9.09. The largest absolute Gasteiger partial charge is 0.378 e. The molecule has 2 heterocycles. The molecule has 1 fully saturated rings. The molecule has 6 nitrogen and oxygen atoms in total. The number of hydrogen-bond acceptors (Lipinski definition) is 5. The normalized spacial score (nSPS) is 14.4. The van der Waals surface area contributed by atoms with Crippen LogP contribution in [-0.4, -0.2) is 42.2 Å². The summed E-state index contributed by atoms with van der Waals surface area (Å²) in [6.45, 7) is 7.04. The zero-order valence-corrected chi connectivity index (χ0v) is 15.5. The second kappa shape index (κ2) is 7.32. The second-order valence-corrected chi connectivity index (χ2v) is 6.70. The number of aryl methyl sites for hydroxylation is 2. The number of fused-ring (bicyclic) bond motifs is 1. The quantitative estimate of drug-likeness (QED) is 0.774. The summed E-state index contributed by atoms with van der Waals surface area (Å²) < 4.78 is 5.40. The van der Waals surface area contributed by atoms with Crippen LogP contribution in [0.2, 0.25) is 0 Å². The molecule has 0 aliphatic carbocycles. The van der Waals surface area contributed by atoms with Gasteiger partial charge in [-0.25, -0.2) is 9.97 Å². The van der Waals surface area contributed by atoms with Gasteiger partial charge in [0.05, 0.1) is 35.6 Å². The van der Waals surface area contributed by atoms with E-state index in [1.54, 1.807) is 12.1 Å². The van der Waals surface area contributed by atoms with Crippen molar-refractivity contribution in [3.63, 3.8) is 0 Å². The standard InChI is InChI=1S/C21H22N4O2/c1-14-15(2)23-20-12-16(6-7-19(20)22-14)21(26)24-17-4-3-5-18(13-17)25-8-10-27-11-9-25/h3-7,12-13H,8-11H2,1-2H3,(H,24,26). The van der Waals surface area contributed by atoms with Crippen LogP contribution in [0.5, 0.6) is 0 Å². The first kappa shape index (κ1) is 17.4. The van der Waals surface area contributed by atoms with Crippen LogP contribution in [0.3, 0.4) is 0 Å². The lowest BCUT2D eigenvalue weighted by atomic mass is 10.1. The van der Waals surface area contributed by atoms with Gasteiger partial charge in [-0.3, -0.25) is 4.79 Å². The number of amides is 1. The second-order valence-electron chi connectivity index (χ2n) is 6.70. The Morgan fingerprint density at radius 3 is 2.52 bits per heavy atom. The Morgan fingerprint density at radius 2 is 1.74 bits per heavy atom. The zero-order chi connectivity index (χ0) is 18.8. The molecular formula is C21H22N4O2. The van der Waals surface area contributed by atoms with Crippen LogP contribution in [0.4, 0.5) is 11.4 Å². The maximum atomic E-state index is 12.7. The summed E-state index contributed by atoms with van der Waals surface area (Å²) in [5.74, 6) is -0.156. The van der Waals surface area contributed by atoms with Gasteiger partial charge in [-0.05, 0) is 50.2 Å². The molecule has 27 heavy (non-hydrogen) atoms. The van der Waals surface area contributed by atoms with Crippen molar-refractivity contribution in [1.82, 2.24) is 9.97 Å². The molecule has 1 aromatic heterocycles. The van der Waals surface area contributed by atoms with Gasteiger partial charge in [-0.15, -0.1) is 0 Å². The van der Waals surface area contributed by atoms with E-state index in [9.17, 15) is 4.79 Å². The van der Waals surface area contributed by atoms with E-state index in [-0.39, 0.29) is 5.91 Å². The SMILES string of the molecule is Cc1nc2ccc(C(=O)Nc3cccc(N4CCOCC4)c3)cc2nc1C. The third kappa shape index (κ3) is 3.75. The molecular weight excluding hydrogens is 340 g/mol. The summed E-state index contributed by atoms with van der Waals surface area (Å²) in [6.07, 6.45) is 0. The Labute approximate surface area is 158 Å². The monoisotopic (exact) mass is 362 g/mol. The predicted molar refractivity (Wildman–Crippen MR) is 106 cm³/mol. The van der Waals surface area contributed by atoms with E-state index >= 15 is 0 Å². The minimum Gasteiger partial charge on any atom is -0.378 e. The number of anilines is 2. The summed E-state index contributed by atoms with van der Waals surface area (Å²) in [7, 11) is 0. The number of nitrogens with one attached hydrogen (secondary N) is 1. The number of nitrogens with zero attached hydrogens (tertiary/aromatic N) is 3. The highest BCUT2D eigenvalue weighted by Gasteiger charge is 2.13. The Bertz CT molecular complexity index is 997. The van der Waals surface area contributed by atoms with Crippen LogP contribution >= 0.6 is 0 Å². The molecule has 6 heteroatoms. The summed E-state index contributed by atoms with van der Waals surface area (Å²) in [5, 5.41) is 2.98. The van der Waals surface area contributed by atoms with E-state index in [0.29, 0.717) is 5.56 Å². The van der Waals surface area contributed by atoms with Crippen molar-refractivity contribution in [2.24, 2.45) is 0 Å². The lowest BCUT2D eigenvalue weighted by Crippen LogP contribution is -2.36. The lowest BCUT2D eigenvalue weighted by molar-refractivity contribution is 0.102. The first-order chi connectivity index (χ1) is 13.1. The fourth-order valence-electron chi connectivity index (χ4n) is 3.18. The van der Waals surface area contributed by atoms with Crippen LogP contribution in [-0.2, 0) is 4.74 Å². The molecule has 0 spiro atoms. The summed E-state index contributed by atoms with van der Waals surface area (Å²) in [6, 6.07) is 13.3. The maximum absolute atomic E-state index is 12.7. The van der Waals surface area contributed by atoms with Gasteiger partial charge in [-0.1, -0.05) is 6.07 Å². The predicted octanol–water partition coefficient (Wildman–Crippen LogP) is 3.34. The van der Waals surface area contributed by atoms with Gasteiger partial charge in [0.1, 0.15) is 0 Å². The van der Waals surface area contributed by atoms with E-state index in [2.05, 4.69) is 26.3 Å². The average molecular weight is 362 g/mol. The molecule has 1 aliphatic rings. The molecule has 1 aliphatic heterocycles. The molecule has 1 amide bonds. The lowest BCUT2D eigenvalue weighted by Gasteiger charge is -2.29. The molecule has 0 saturated carbocycles. The van der Waals surface area contributed by atoms with E-state index in [1.807, 2.05) is 38.1 Å². The summed E-state index contributed by atoms with van der Waals surface area (Å²) in [5.41, 5.74) is 5.73. The molecule has 2 aromatic carbocycles. The molecule has 138 valence electrons. The van der Waals surface area contributed by atoms with E-state index in [4.69, 9.17) is 4.74 Å². The Morgan fingerprint density at radius 1 is 1.00 bits per heavy atom. The topological polar surface area (TPSA) is 67.4 Å². The highest BCUT2D eigenvalue weighted by Crippen LogP contribution is 2.21. The van der Waals surface area contributed by atoms with Crippen molar-refractivity contribution < 1.29 is 9.53 Å². The smallest absolute Gasteiger partial charge is 0.255 e. The molecule has 0 atom stereocenters.